The second-order valence-electron chi connectivity index (χ2n) is 5.25. The average molecular weight is 372 g/mol. The molecule has 2 aromatic carbocycles. The zero-order valence-electron chi connectivity index (χ0n) is 12.4. The van der Waals surface area contributed by atoms with Crippen molar-refractivity contribution in [1.29, 1.82) is 0 Å². The molecule has 1 N–H and O–H groups in total. The van der Waals surface area contributed by atoms with Crippen LogP contribution in [0.5, 0.6) is 0 Å². The summed E-state index contributed by atoms with van der Waals surface area (Å²) in [6.07, 6.45) is 0. The van der Waals surface area contributed by atoms with Crippen LogP contribution in [-0.4, -0.2) is 26.1 Å². The van der Waals surface area contributed by atoms with E-state index in [2.05, 4.69) is 26.2 Å². The van der Waals surface area contributed by atoms with E-state index in [1.54, 1.807) is 4.68 Å². The van der Waals surface area contributed by atoms with Gasteiger partial charge >= 0.3 is 5.97 Å². The normalized spacial score (nSPS) is 10.7. The van der Waals surface area contributed by atoms with Crippen molar-refractivity contribution in [3.8, 4) is 11.3 Å². The Morgan fingerprint density at radius 1 is 1.22 bits per heavy atom. The molecule has 6 heteroatoms. The van der Waals surface area contributed by atoms with E-state index < -0.39 is 5.97 Å². The van der Waals surface area contributed by atoms with Crippen molar-refractivity contribution < 1.29 is 9.90 Å². The highest BCUT2D eigenvalue weighted by Gasteiger charge is 2.20. The highest BCUT2D eigenvalue weighted by Crippen LogP contribution is 2.24. The number of aromatic nitrogens is 3. The van der Waals surface area contributed by atoms with Crippen LogP contribution in [0.15, 0.2) is 53.0 Å². The predicted molar refractivity (Wildman–Crippen MR) is 90.4 cm³/mol. The van der Waals surface area contributed by atoms with Gasteiger partial charge in [0.25, 0.3) is 0 Å². The van der Waals surface area contributed by atoms with Crippen LogP contribution < -0.4 is 0 Å². The SMILES string of the molecule is Cc1cccc(-c2c(C(=O)O)nnn2Cc2cccc(Br)c2)c1. The van der Waals surface area contributed by atoms with Crippen molar-refractivity contribution in [2.45, 2.75) is 13.5 Å². The molecule has 0 spiro atoms. The first-order chi connectivity index (χ1) is 11.0. The van der Waals surface area contributed by atoms with Crippen LogP contribution in [0.25, 0.3) is 11.3 Å². The average Bonchev–Trinajstić information content (AvgIpc) is 2.91. The fourth-order valence-electron chi connectivity index (χ4n) is 2.45. The summed E-state index contributed by atoms with van der Waals surface area (Å²) in [6, 6.07) is 15.5. The van der Waals surface area contributed by atoms with Crippen LogP contribution in [0.2, 0.25) is 0 Å². The summed E-state index contributed by atoms with van der Waals surface area (Å²) in [5.74, 6) is -1.08. The maximum atomic E-state index is 11.5. The van der Waals surface area contributed by atoms with Gasteiger partial charge in [-0.25, -0.2) is 9.48 Å². The molecule has 0 saturated heterocycles. The lowest BCUT2D eigenvalue weighted by Crippen LogP contribution is -2.06. The quantitative estimate of drug-likeness (QED) is 0.757. The highest BCUT2D eigenvalue weighted by molar-refractivity contribution is 9.10. The number of halogens is 1. The standard InChI is InChI=1S/C17H14BrN3O2/c1-11-4-2-6-13(8-11)16-15(17(22)23)19-20-21(16)10-12-5-3-7-14(18)9-12/h2-9H,10H2,1H3,(H,22,23). The first-order valence-electron chi connectivity index (χ1n) is 7.03. The van der Waals surface area contributed by atoms with Crippen molar-refractivity contribution in [2.75, 3.05) is 0 Å². The maximum Gasteiger partial charge on any atom is 0.358 e. The molecule has 0 bridgehead atoms. The van der Waals surface area contributed by atoms with Crippen LogP contribution >= 0.6 is 15.9 Å². The number of carboxylic acids is 1. The van der Waals surface area contributed by atoms with Crippen molar-refractivity contribution >= 4 is 21.9 Å². The minimum Gasteiger partial charge on any atom is -0.476 e. The Labute approximate surface area is 141 Å². The Hall–Kier alpha value is -2.47. The van der Waals surface area contributed by atoms with E-state index in [1.807, 2.05) is 55.5 Å². The Morgan fingerprint density at radius 2 is 2.00 bits per heavy atom. The van der Waals surface area contributed by atoms with Gasteiger partial charge in [-0.15, -0.1) is 5.10 Å². The molecular weight excluding hydrogens is 358 g/mol. The number of hydrogen-bond donors (Lipinski definition) is 1. The Bertz CT molecular complexity index is 874. The smallest absolute Gasteiger partial charge is 0.358 e. The first-order valence-corrected chi connectivity index (χ1v) is 7.82. The van der Waals surface area contributed by atoms with Crippen molar-refractivity contribution in [3.05, 3.63) is 69.8 Å². The molecule has 0 unspecified atom stereocenters. The third-order valence-corrected chi connectivity index (χ3v) is 3.94. The van der Waals surface area contributed by atoms with Gasteiger partial charge in [-0.05, 0) is 30.7 Å². The van der Waals surface area contributed by atoms with E-state index in [-0.39, 0.29) is 5.69 Å². The molecule has 0 aliphatic heterocycles. The molecule has 0 saturated carbocycles. The number of carboxylic acid groups (broad SMARTS) is 1. The molecule has 3 rings (SSSR count). The van der Waals surface area contributed by atoms with Gasteiger partial charge < -0.3 is 5.11 Å². The fourth-order valence-corrected chi connectivity index (χ4v) is 2.90. The lowest BCUT2D eigenvalue weighted by atomic mass is 10.1. The molecule has 0 fully saturated rings. The number of carbonyl (C=O) groups is 1. The van der Waals surface area contributed by atoms with Gasteiger partial charge in [-0.2, -0.15) is 0 Å². The summed E-state index contributed by atoms with van der Waals surface area (Å²) in [5, 5.41) is 17.3. The van der Waals surface area contributed by atoms with E-state index in [4.69, 9.17) is 0 Å². The largest absolute Gasteiger partial charge is 0.476 e. The van der Waals surface area contributed by atoms with Gasteiger partial charge in [0.2, 0.25) is 0 Å². The summed E-state index contributed by atoms with van der Waals surface area (Å²) >= 11 is 3.44. The van der Waals surface area contributed by atoms with Crippen LogP contribution in [0.3, 0.4) is 0 Å². The molecule has 5 nitrogen and oxygen atoms in total. The number of aromatic carboxylic acids is 1. The Balaban J connectivity index is 2.09. The fraction of sp³-hybridized carbons (Fsp3) is 0.118. The van der Waals surface area contributed by atoms with Gasteiger partial charge in [-0.3, -0.25) is 0 Å². The minimum absolute atomic E-state index is 0.0365. The third kappa shape index (κ3) is 3.32. The predicted octanol–water partition coefficient (Wildman–Crippen LogP) is 3.76. The molecule has 1 aromatic heterocycles. The van der Waals surface area contributed by atoms with Crippen molar-refractivity contribution in [1.82, 2.24) is 15.0 Å². The third-order valence-electron chi connectivity index (χ3n) is 3.45. The summed E-state index contributed by atoms with van der Waals surface area (Å²) in [5.41, 5.74) is 3.33. The summed E-state index contributed by atoms with van der Waals surface area (Å²) in [4.78, 5) is 11.5. The molecule has 1 heterocycles. The number of hydrogen-bond acceptors (Lipinski definition) is 3. The van der Waals surface area contributed by atoms with Crippen LogP contribution in [0.1, 0.15) is 21.6 Å². The second-order valence-corrected chi connectivity index (χ2v) is 6.16. The lowest BCUT2D eigenvalue weighted by molar-refractivity contribution is 0.0691. The summed E-state index contributed by atoms with van der Waals surface area (Å²) in [7, 11) is 0. The lowest BCUT2D eigenvalue weighted by Gasteiger charge is -2.08. The molecule has 0 aliphatic carbocycles. The highest BCUT2D eigenvalue weighted by atomic mass is 79.9. The van der Waals surface area contributed by atoms with Gasteiger partial charge in [0.15, 0.2) is 5.69 Å². The molecule has 23 heavy (non-hydrogen) atoms. The van der Waals surface area contributed by atoms with Gasteiger partial charge in [-0.1, -0.05) is 57.0 Å². The Morgan fingerprint density at radius 3 is 2.70 bits per heavy atom. The number of nitrogens with zero attached hydrogens (tertiary/aromatic N) is 3. The topological polar surface area (TPSA) is 68.0 Å². The molecular formula is C17H14BrN3O2. The molecule has 0 atom stereocenters. The Kier molecular flexibility index (Phi) is 4.25. The second kappa shape index (κ2) is 6.34. The minimum atomic E-state index is -1.08. The monoisotopic (exact) mass is 371 g/mol. The number of benzene rings is 2. The van der Waals surface area contributed by atoms with Gasteiger partial charge in [0.1, 0.15) is 5.69 Å². The van der Waals surface area contributed by atoms with Crippen LogP contribution in [0.4, 0.5) is 0 Å². The maximum absolute atomic E-state index is 11.5. The first kappa shape index (κ1) is 15.4. The summed E-state index contributed by atoms with van der Waals surface area (Å²) < 4.78 is 2.59. The summed E-state index contributed by atoms with van der Waals surface area (Å²) in [6.45, 7) is 2.41. The van der Waals surface area contributed by atoms with E-state index in [9.17, 15) is 9.90 Å². The molecule has 116 valence electrons. The van der Waals surface area contributed by atoms with E-state index in [0.29, 0.717) is 12.2 Å². The van der Waals surface area contributed by atoms with E-state index in [0.717, 1.165) is 21.2 Å². The zero-order chi connectivity index (χ0) is 16.4. The van der Waals surface area contributed by atoms with Gasteiger partial charge in [0, 0.05) is 10.0 Å². The molecule has 3 aromatic rings. The molecule has 0 amide bonds. The van der Waals surface area contributed by atoms with Gasteiger partial charge in [0.05, 0.1) is 6.54 Å². The molecule has 0 radical (unpaired) electrons. The van der Waals surface area contributed by atoms with Crippen LogP contribution in [0, 0.1) is 6.92 Å². The van der Waals surface area contributed by atoms with E-state index >= 15 is 0 Å². The zero-order valence-corrected chi connectivity index (χ0v) is 14.0. The van der Waals surface area contributed by atoms with E-state index in [1.165, 1.54) is 0 Å². The number of aryl methyl sites for hydroxylation is 1. The van der Waals surface area contributed by atoms with Crippen molar-refractivity contribution in [2.24, 2.45) is 0 Å². The molecule has 0 aliphatic rings. The van der Waals surface area contributed by atoms with Crippen LogP contribution in [-0.2, 0) is 6.54 Å². The van der Waals surface area contributed by atoms with Crippen molar-refractivity contribution in [3.63, 3.8) is 0 Å². The number of rotatable bonds is 4.